The maximum absolute atomic E-state index is 12.6. The molecule has 1 aliphatic carbocycles. The lowest BCUT2D eigenvalue weighted by molar-refractivity contribution is -0.136. The number of carbonyl (C=O) groups is 2. The summed E-state index contributed by atoms with van der Waals surface area (Å²) >= 11 is 0. The number of ether oxygens (including phenoxy) is 4. The Hall–Kier alpha value is -2.96. The summed E-state index contributed by atoms with van der Waals surface area (Å²) in [6.07, 6.45) is 1.69. The van der Waals surface area contributed by atoms with E-state index < -0.39 is 11.9 Å². The van der Waals surface area contributed by atoms with E-state index in [0.717, 1.165) is 0 Å². The van der Waals surface area contributed by atoms with E-state index in [0.29, 0.717) is 47.7 Å². The fourth-order valence-corrected chi connectivity index (χ4v) is 3.43. The van der Waals surface area contributed by atoms with Crippen molar-refractivity contribution in [2.75, 3.05) is 21.3 Å². The molecule has 0 saturated carbocycles. The Morgan fingerprint density at radius 1 is 1.15 bits per heavy atom. The number of methoxy groups -OCH3 is 3. The molecule has 138 valence electrons. The van der Waals surface area contributed by atoms with Crippen LogP contribution in [-0.4, -0.2) is 33.1 Å². The lowest BCUT2D eigenvalue weighted by Gasteiger charge is -2.32. The molecule has 0 amide bonds. The van der Waals surface area contributed by atoms with E-state index in [1.54, 1.807) is 18.2 Å². The number of benzene rings is 1. The molecule has 0 unspecified atom stereocenters. The van der Waals surface area contributed by atoms with Crippen molar-refractivity contribution in [3.63, 3.8) is 0 Å². The first-order valence-corrected chi connectivity index (χ1v) is 8.25. The highest BCUT2D eigenvalue weighted by atomic mass is 16.5. The molecule has 1 heterocycles. The molecule has 0 fully saturated rings. The van der Waals surface area contributed by atoms with Crippen LogP contribution in [0.25, 0.3) is 0 Å². The monoisotopic (exact) mass is 359 g/mol. The van der Waals surface area contributed by atoms with Gasteiger partial charge in [-0.05, 0) is 24.1 Å². The third-order valence-electron chi connectivity index (χ3n) is 4.63. The lowest BCUT2D eigenvalue weighted by atomic mass is 9.77. The zero-order valence-electron chi connectivity index (χ0n) is 15.0. The van der Waals surface area contributed by atoms with Crippen LogP contribution in [-0.2, 0) is 19.1 Å². The number of ketones is 1. The van der Waals surface area contributed by atoms with Crippen LogP contribution in [0.5, 0.6) is 11.5 Å². The molecule has 1 aromatic carbocycles. The summed E-state index contributed by atoms with van der Waals surface area (Å²) in [5, 5.41) is 0. The van der Waals surface area contributed by atoms with Crippen LogP contribution in [0, 0.1) is 0 Å². The van der Waals surface area contributed by atoms with Gasteiger partial charge in [-0.2, -0.15) is 0 Å². The minimum absolute atomic E-state index is 0.0370. The molecule has 3 rings (SSSR count). The highest BCUT2D eigenvalue weighted by molar-refractivity contribution is 6.03. The van der Waals surface area contributed by atoms with Crippen LogP contribution in [0.2, 0.25) is 0 Å². The molecular formula is C19H21NO6. The quantitative estimate of drug-likeness (QED) is 0.823. The fraction of sp³-hybridized carbons (Fsp3) is 0.368. The number of rotatable bonds is 4. The normalized spacial score (nSPS) is 19.7. The van der Waals surface area contributed by atoms with Crippen molar-refractivity contribution in [3.8, 4) is 11.5 Å². The summed E-state index contributed by atoms with van der Waals surface area (Å²) in [7, 11) is 4.32. The van der Waals surface area contributed by atoms with Gasteiger partial charge in [-0.25, -0.2) is 4.79 Å². The smallest absolute Gasteiger partial charge is 0.340 e. The largest absolute Gasteiger partial charge is 0.493 e. The highest BCUT2D eigenvalue weighted by Crippen LogP contribution is 2.45. The molecule has 0 saturated heterocycles. The van der Waals surface area contributed by atoms with Gasteiger partial charge in [0.15, 0.2) is 17.3 Å². The van der Waals surface area contributed by atoms with Gasteiger partial charge in [0.25, 0.3) is 0 Å². The van der Waals surface area contributed by atoms with Crippen molar-refractivity contribution in [2.45, 2.75) is 25.2 Å². The van der Waals surface area contributed by atoms with E-state index in [4.69, 9.17) is 24.7 Å². The summed E-state index contributed by atoms with van der Waals surface area (Å²) in [6, 6.07) is 5.24. The van der Waals surface area contributed by atoms with E-state index in [1.165, 1.54) is 21.3 Å². The molecule has 1 aliphatic heterocycles. The summed E-state index contributed by atoms with van der Waals surface area (Å²) < 4.78 is 21.1. The van der Waals surface area contributed by atoms with Crippen molar-refractivity contribution in [3.05, 3.63) is 46.6 Å². The first-order valence-electron chi connectivity index (χ1n) is 8.25. The topological polar surface area (TPSA) is 97.1 Å². The number of carbonyl (C=O) groups excluding carboxylic acids is 2. The van der Waals surface area contributed by atoms with Gasteiger partial charge < -0.3 is 24.7 Å². The van der Waals surface area contributed by atoms with E-state index in [1.807, 2.05) is 0 Å². The predicted molar refractivity (Wildman–Crippen MR) is 92.5 cm³/mol. The molecule has 7 heteroatoms. The fourth-order valence-electron chi connectivity index (χ4n) is 3.43. The van der Waals surface area contributed by atoms with E-state index in [9.17, 15) is 9.59 Å². The Balaban J connectivity index is 2.20. The maximum Gasteiger partial charge on any atom is 0.340 e. The lowest BCUT2D eigenvalue weighted by Crippen LogP contribution is -2.31. The van der Waals surface area contributed by atoms with Gasteiger partial charge >= 0.3 is 5.97 Å². The molecule has 1 aromatic rings. The molecule has 0 aromatic heterocycles. The number of Topliss-reactive ketones (excluding diaryl/α,β-unsaturated/α-hetero) is 1. The minimum atomic E-state index is -0.668. The number of esters is 1. The number of nitrogens with two attached hydrogens (primary N) is 1. The van der Waals surface area contributed by atoms with Gasteiger partial charge in [0.2, 0.25) is 5.88 Å². The summed E-state index contributed by atoms with van der Waals surface area (Å²) in [5.41, 5.74) is 7.27. The van der Waals surface area contributed by atoms with Gasteiger partial charge in [-0.1, -0.05) is 6.07 Å². The van der Waals surface area contributed by atoms with E-state index in [2.05, 4.69) is 0 Å². The van der Waals surface area contributed by atoms with Crippen molar-refractivity contribution in [1.29, 1.82) is 0 Å². The predicted octanol–water partition coefficient (Wildman–Crippen LogP) is 2.17. The van der Waals surface area contributed by atoms with Crippen molar-refractivity contribution < 1.29 is 28.5 Å². The Kier molecular flexibility index (Phi) is 4.88. The third-order valence-corrected chi connectivity index (χ3v) is 4.63. The van der Waals surface area contributed by atoms with Crippen LogP contribution in [0.3, 0.4) is 0 Å². The highest BCUT2D eigenvalue weighted by Gasteiger charge is 2.41. The van der Waals surface area contributed by atoms with Crippen molar-refractivity contribution in [2.24, 2.45) is 5.73 Å². The first-order chi connectivity index (χ1) is 12.5. The summed E-state index contributed by atoms with van der Waals surface area (Å²) in [6.45, 7) is 0. The Labute approximate surface area is 151 Å². The van der Waals surface area contributed by atoms with E-state index >= 15 is 0 Å². The third kappa shape index (κ3) is 2.89. The van der Waals surface area contributed by atoms with Gasteiger partial charge in [0, 0.05) is 18.4 Å². The van der Waals surface area contributed by atoms with Gasteiger partial charge in [-0.3, -0.25) is 4.79 Å². The SMILES string of the molecule is COC(=O)C1=C(N)OC2=C(C(=O)CCC2)[C@H]1c1ccc(OC)c(OC)c1. The molecule has 0 spiro atoms. The van der Waals surface area contributed by atoms with Crippen LogP contribution >= 0.6 is 0 Å². The first kappa shape index (κ1) is 17.8. The molecule has 26 heavy (non-hydrogen) atoms. The van der Waals surface area contributed by atoms with Crippen LogP contribution < -0.4 is 15.2 Å². The second kappa shape index (κ2) is 7.11. The zero-order chi connectivity index (χ0) is 18.8. The number of hydrogen-bond acceptors (Lipinski definition) is 7. The Morgan fingerprint density at radius 3 is 2.54 bits per heavy atom. The van der Waals surface area contributed by atoms with Crippen molar-refractivity contribution >= 4 is 11.8 Å². The summed E-state index contributed by atoms with van der Waals surface area (Å²) in [4.78, 5) is 25.0. The molecule has 0 radical (unpaired) electrons. The van der Waals surface area contributed by atoms with Crippen LogP contribution in [0.15, 0.2) is 41.0 Å². The average Bonchev–Trinajstić information content (AvgIpc) is 2.66. The number of allylic oxidation sites excluding steroid dienone is 2. The van der Waals surface area contributed by atoms with Gasteiger partial charge in [0.05, 0.1) is 27.2 Å². The van der Waals surface area contributed by atoms with Gasteiger partial charge in [-0.15, -0.1) is 0 Å². The van der Waals surface area contributed by atoms with Crippen molar-refractivity contribution in [1.82, 2.24) is 0 Å². The molecule has 1 atom stereocenters. The maximum atomic E-state index is 12.6. The average molecular weight is 359 g/mol. The number of hydrogen-bond donors (Lipinski definition) is 1. The Bertz CT molecular complexity index is 823. The Morgan fingerprint density at radius 2 is 1.88 bits per heavy atom. The standard InChI is InChI=1S/C19H21NO6/c1-23-12-8-7-10(9-14(12)24-2)15-16-11(21)5-4-6-13(16)26-18(20)17(15)19(22)25-3/h7-9,15H,4-6,20H2,1-3H3/t15-/m1/s1. The van der Waals surface area contributed by atoms with Gasteiger partial charge in [0.1, 0.15) is 11.3 Å². The van der Waals surface area contributed by atoms with E-state index in [-0.39, 0.29) is 17.2 Å². The zero-order valence-corrected chi connectivity index (χ0v) is 15.0. The van der Waals surface area contributed by atoms with Crippen LogP contribution in [0.1, 0.15) is 30.7 Å². The molecule has 0 bridgehead atoms. The molecule has 7 nitrogen and oxygen atoms in total. The van der Waals surface area contributed by atoms with Crippen LogP contribution in [0.4, 0.5) is 0 Å². The second-order valence-corrected chi connectivity index (χ2v) is 6.03. The summed E-state index contributed by atoms with van der Waals surface area (Å²) in [5.74, 6) is 0.163. The molecule has 2 aliphatic rings. The minimum Gasteiger partial charge on any atom is -0.493 e. The molecule has 2 N–H and O–H groups in total. The molecular weight excluding hydrogens is 338 g/mol. The second-order valence-electron chi connectivity index (χ2n) is 6.03.